The van der Waals surface area contributed by atoms with Gasteiger partial charge < -0.3 is 5.11 Å². The maximum atomic E-state index is 11.2. The Labute approximate surface area is 123 Å². The quantitative estimate of drug-likeness (QED) is 0.901. The highest BCUT2D eigenvalue weighted by Crippen LogP contribution is 2.47. The molecule has 0 radical (unpaired) electrons. The van der Waals surface area contributed by atoms with Crippen molar-refractivity contribution in [1.29, 1.82) is 0 Å². The number of halogens is 1. The first-order valence-electron chi connectivity index (χ1n) is 6.32. The lowest BCUT2D eigenvalue weighted by Crippen LogP contribution is -2.23. The van der Waals surface area contributed by atoms with E-state index in [1.165, 1.54) is 0 Å². The monoisotopic (exact) mass is 336 g/mol. The topological polar surface area (TPSA) is 80.9 Å². The van der Waals surface area contributed by atoms with E-state index in [0.29, 0.717) is 31.6 Å². The molecule has 1 aliphatic rings. The van der Waals surface area contributed by atoms with E-state index in [4.69, 9.17) is 0 Å². The van der Waals surface area contributed by atoms with Crippen molar-refractivity contribution in [2.24, 2.45) is 5.41 Å². The van der Waals surface area contributed by atoms with Gasteiger partial charge in [-0.15, -0.1) is 5.10 Å². The molecule has 0 unspecified atom stereocenters. The smallest absolute Gasteiger partial charge is 0.311 e. The van der Waals surface area contributed by atoms with Crippen LogP contribution in [0.2, 0.25) is 0 Å². The van der Waals surface area contributed by atoms with Crippen molar-refractivity contribution in [3.05, 3.63) is 40.1 Å². The Morgan fingerprint density at radius 2 is 2.05 bits per heavy atom. The first-order valence-corrected chi connectivity index (χ1v) is 7.11. The molecular weight excluding hydrogens is 324 g/mol. The molecule has 104 valence electrons. The van der Waals surface area contributed by atoms with Crippen molar-refractivity contribution >= 4 is 21.9 Å². The highest BCUT2D eigenvalue weighted by molar-refractivity contribution is 9.10. The van der Waals surface area contributed by atoms with E-state index in [0.717, 1.165) is 10.0 Å². The largest absolute Gasteiger partial charge is 0.481 e. The average Bonchev–Trinajstić information content (AvgIpc) is 3.08. The molecule has 0 atom stereocenters. The maximum absolute atomic E-state index is 11.2. The predicted octanol–water partition coefficient (Wildman–Crippen LogP) is 1.89. The molecule has 20 heavy (non-hydrogen) atoms. The predicted molar refractivity (Wildman–Crippen MR) is 74.1 cm³/mol. The van der Waals surface area contributed by atoms with Gasteiger partial charge in [-0.2, -0.15) is 0 Å². The van der Waals surface area contributed by atoms with Gasteiger partial charge in [0.05, 0.1) is 12.0 Å². The van der Waals surface area contributed by atoms with Crippen LogP contribution in [0, 0.1) is 5.41 Å². The molecule has 1 aromatic carbocycles. The number of aromatic nitrogens is 4. The molecular formula is C13H13BrN4O2. The molecule has 1 heterocycles. The summed E-state index contributed by atoms with van der Waals surface area (Å²) < 4.78 is 2.63. The molecule has 1 saturated carbocycles. The first kappa shape index (κ1) is 13.2. The number of nitrogens with zero attached hydrogens (tertiary/aromatic N) is 4. The highest BCUT2D eigenvalue weighted by Gasteiger charge is 2.51. The minimum Gasteiger partial charge on any atom is -0.481 e. The molecule has 0 amide bonds. The summed E-state index contributed by atoms with van der Waals surface area (Å²) in [5, 5.41) is 20.8. The first-order chi connectivity index (χ1) is 9.59. The van der Waals surface area contributed by atoms with Gasteiger partial charge in [-0.05, 0) is 41.0 Å². The van der Waals surface area contributed by atoms with Crippen LogP contribution in [-0.2, 0) is 17.8 Å². The van der Waals surface area contributed by atoms with Crippen LogP contribution in [0.3, 0.4) is 0 Å². The fourth-order valence-corrected chi connectivity index (χ4v) is 2.40. The van der Waals surface area contributed by atoms with Crippen molar-refractivity contribution in [1.82, 2.24) is 20.2 Å². The standard InChI is InChI=1S/C13H13BrN4O2/c14-10-3-1-9(2-4-10)7-11-15-16-17-18(11)8-13(5-6-13)12(19)20/h1-4H,5-8H2,(H,19,20). The third kappa shape index (κ3) is 2.58. The van der Waals surface area contributed by atoms with E-state index in [2.05, 4.69) is 31.5 Å². The number of carboxylic acid groups (broad SMARTS) is 1. The van der Waals surface area contributed by atoms with Crippen LogP contribution in [0.1, 0.15) is 24.2 Å². The van der Waals surface area contributed by atoms with E-state index in [9.17, 15) is 9.90 Å². The van der Waals surface area contributed by atoms with Crippen molar-refractivity contribution in [3.63, 3.8) is 0 Å². The number of carbonyl (C=O) groups is 1. The molecule has 1 aromatic heterocycles. The van der Waals surface area contributed by atoms with E-state index in [-0.39, 0.29) is 0 Å². The Hall–Kier alpha value is -1.76. The fraction of sp³-hybridized carbons (Fsp3) is 0.385. The van der Waals surface area contributed by atoms with Gasteiger partial charge in [0, 0.05) is 10.9 Å². The molecule has 2 aromatic rings. The minimum atomic E-state index is -0.761. The SMILES string of the molecule is O=C(O)C1(Cn2nnnc2Cc2ccc(Br)cc2)CC1. The summed E-state index contributed by atoms with van der Waals surface area (Å²) in [7, 11) is 0. The Balaban J connectivity index is 1.77. The number of hydrogen-bond donors (Lipinski definition) is 1. The van der Waals surface area contributed by atoms with Crippen LogP contribution in [0.4, 0.5) is 0 Å². The number of aliphatic carboxylic acids is 1. The van der Waals surface area contributed by atoms with Gasteiger partial charge in [0.15, 0.2) is 5.82 Å². The second-order valence-electron chi connectivity index (χ2n) is 5.14. The van der Waals surface area contributed by atoms with Gasteiger partial charge in [0.1, 0.15) is 0 Å². The summed E-state index contributed by atoms with van der Waals surface area (Å²) >= 11 is 3.39. The minimum absolute atomic E-state index is 0.348. The lowest BCUT2D eigenvalue weighted by atomic mass is 10.1. The fourth-order valence-electron chi connectivity index (χ4n) is 2.13. The lowest BCUT2D eigenvalue weighted by Gasteiger charge is -2.10. The second kappa shape index (κ2) is 4.97. The van der Waals surface area contributed by atoms with Crippen molar-refractivity contribution in [3.8, 4) is 0 Å². The summed E-state index contributed by atoms with van der Waals surface area (Å²) in [6.45, 7) is 0.348. The van der Waals surface area contributed by atoms with Crippen LogP contribution in [0.25, 0.3) is 0 Å². The van der Waals surface area contributed by atoms with Crippen LogP contribution < -0.4 is 0 Å². The van der Waals surface area contributed by atoms with E-state index in [1.54, 1.807) is 4.68 Å². The second-order valence-corrected chi connectivity index (χ2v) is 6.06. The number of benzene rings is 1. The van der Waals surface area contributed by atoms with Gasteiger partial charge in [-0.3, -0.25) is 4.79 Å². The van der Waals surface area contributed by atoms with E-state index >= 15 is 0 Å². The zero-order chi connectivity index (χ0) is 14.2. The molecule has 0 spiro atoms. The Kier molecular flexibility index (Phi) is 3.29. The van der Waals surface area contributed by atoms with Crippen molar-refractivity contribution < 1.29 is 9.90 Å². The van der Waals surface area contributed by atoms with Crippen LogP contribution >= 0.6 is 15.9 Å². The van der Waals surface area contributed by atoms with E-state index < -0.39 is 11.4 Å². The number of tetrazole rings is 1. The Morgan fingerprint density at radius 1 is 1.35 bits per heavy atom. The van der Waals surface area contributed by atoms with Gasteiger partial charge >= 0.3 is 5.97 Å². The summed E-state index contributed by atoms with van der Waals surface area (Å²) in [5.74, 6) is -0.0672. The van der Waals surface area contributed by atoms with E-state index in [1.807, 2.05) is 24.3 Å². The van der Waals surface area contributed by atoms with Gasteiger partial charge in [-0.25, -0.2) is 4.68 Å². The molecule has 0 saturated heterocycles. The Morgan fingerprint density at radius 3 is 2.65 bits per heavy atom. The third-order valence-electron chi connectivity index (χ3n) is 3.64. The third-order valence-corrected chi connectivity index (χ3v) is 4.17. The number of hydrogen-bond acceptors (Lipinski definition) is 4. The lowest BCUT2D eigenvalue weighted by molar-refractivity contribution is -0.144. The maximum Gasteiger partial charge on any atom is 0.311 e. The highest BCUT2D eigenvalue weighted by atomic mass is 79.9. The van der Waals surface area contributed by atoms with Crippen molar-refractivity contribution in [2.75, 3.05) is 0 Å². The molecule has 1 N–H and O–H groups in total. The summed E-state index contributed by atoms with van der Waals surface area (Å²) in [6.07, 6.45) is 1.98. The van der Waals surface area contributed by atoms with Gasteiger partial charge in [-0.1, -0.05) is 28.1 Å². The molecule has 6 nitrogen and oxygen atoms in total. The molecule has 0 bridgehead atoms. The van der Waals surface area contributed by atoms with Gasteiger partial charge in [0.25, 0.3) is 0 Å². The summed E-state index contributed by atoms with van der Waals surface area (Å²) in [4.78, 5) is 11.2. The zero-order valence-electron chi connectivity index (χ0n) is 10.7. The average molecular weight is 337 g/mol. The van der Waals surface area contributed by atoms with Crippen LogP contribution in [0.15, 0.2) is 28.7 Å². The number of carboxylic acids is 1. The van der Waals surface area contributed by atoms with Gasteiger partial charge in [0.2, 0.25) is 0 Å². The summed E-state index contributed by atoms with van der Waals surface area (Å²) in [6, 6.07) is 7.91. The molecule has 7 heteroatoms. The molecule has 1 aliphatic carbocycles. The summed E-state index contributed by atoms with van der Waals surface area (Å²) in [5.41, 5.74) is 0.425. The molecule has 1 fully saturated rings. The Bertz CT molecular complexity index is 634. The zero-order valence-corrected chi connectivity index (χ0v) is 12.2. The van der Waals surface area contributed by atoms with Crippen LogP contribution in [0.5, 0.6) is 0 Å². The number of rotatable bonds is 5. The van der Waals surface area contributed by atoms with Crippen molar-refractivity contribution in [2.45, 2.75) is 25.8 Å². The normalized spacial score (nSPS) is 16.1. The van der Waals surface area contributed by atoms with Crippen LogP contribution in [-0.4, -0.2) is 31.3 Å². The molecule has 0 aliphatic heterocycles. The molecule has 3 rings (SSSR count).